The van der Waals surface area contributed by atoms with Gasteiger partial charge < -0.3 is 9.47 Å². The molecule has 2 rings (SSSR count). The molecule has 0 aliphatic heterocycles. The number of rotatable bonds is 7. The Morgan fingerprint density at radius 1 is 0.950 bits per heavy atom. The van der Waals surface area contributed by atoms with Crippen molar-refractivity contribution in [3.8, 4) is 11.5 Å². The first-order valence-electron chi connectivity index (χ1n) is 6.34. The highest BCUT2D eigenvalue weighted by molar-refractivity contribution is 5.75. The molecular weight excluding hydrogens is 259 g/mol. The van der Waals surface area contributed by atoms with Gasteiger partial charge in [0.15, 0.2) is 0 Å². The molecule has 0 radical (unpaired) electrons. The van der Waals surface area contributed by atoms with E-state index in [-0.39, 0.29) is 5.56 Å². The lowest BCUT2D eigenvalue weighted by Crippen LogP contribution is -2.05. The molecule has 0 aliphatic carbocycles. The lowest BCUT2D eigenvalue weighted by atomic mass is 10.2. The maximum Gasteiger partial charge on any atom is 0.150 e. The maximum atomic E-state index is 13.1. The highest BCUT2D eigenvalue weighted by Crippen LogP contribution is 2.15. The number of hydrogen-bond donors (Lipinski definition) is 0. The average Bonchev–Trinajstić information content (AvgIpc) is 2.47. The van der Waals surface area contributed by atoms with Gasteiger partial charge in [-0.1, -0.05) is 18.2 Å². The molecule has 0 heterocycles. The van der Waals surface area contributed by atoms with E-state index in [9.17, 15) is 9.18 Å². The van der Waals surface area contributed by atoms with Crippen LogP contribution >= 0.6 is 0 Å². The van der Waals surface area contributed by atoms with Crippen molar-refractivity contribution in [2.45, 2.75) is 6.42 Å². The molecule has 0 bridgehead atoms. The highest BCUT2D eigenvalue weighted by atomic mass is 19.1. The van der Waals surface area contributed by atoms with Gasteiger partial charge in [0.2, 0.25) is 0 Å². The van der Waals surface area contributed by atoms with E-state index < -0.39 is 5.82 Å². The quantitative estimate of drug-likeness (QED) is 0.572. The predicted octanol–water partition coefficient (Wildman–Crippen LogP) is 3.49. The van der Waals surface area contributed by atoms with Crippen LogP contribution in [0.1, 0.15) is 16.8 Å². The summed E-state index contributed by atoms with van der Waals surface area (Å²) in [7, 11) is 0. The number of carbonyl (C=O) groups excluding carboxylic acids is 1. The van der Waals surface area contributed by atoms with Gasteiger partial charge >= 0.3 is 0 Å². The van der Waals surface area contributed by atoms with Gasteiger partial charge in [0, 0.05) is 18.1 Å². The lowest BCUT2D eigenvalue weighted by molar-refractivity contribution is 0.112. The summed E-state index contributed by atoms with van der Waals surface area (Å²) < 4.78 is 24.0. The minimum atomic E-state index is -0.481. The molecule has 2 aromatic rings. The Labute approximate surface area is 117 Å². The smallest absolute Gasteiger partial charge is 0.150 e. The molecule has 0 amide bonds. The second-order valence-corrected chi connectivity index (χ2v) is 4.20. The van der Waals surface area contributed by atoms with Gasteiger partial charge in [-0.2, -0.15) is 0 Å². The first-order chi connectivity index (χ1) is 9.78. The molecule has 0 spiro atoms. The van der Waals surface area contributed by atoms with E-state index in [1.165, 1.54) is 18.2 Å². The van der Waals surface area contributed by atoms with Gasteiger partial charge in [-0.15, -0.1) is 0 Å². The summed E-state index contributed by atoms with van der Waals surface area (Å²) in [4.78, 5) is 10.6. The number of hydrogen-bond acceptors (Lipinski definition) is 3. The van der Waals surface area contributed by atoms with Crippen LogP contribution < -0.4 is 9.47 Å². The second kappa shape index (κ2) is 7.28. The van der Waals surface area contributed by atoms with Gasteiger partial charge in [0.05, 0.1) is 13.2 Å². The third kappa shape index (κ3) is 4.39. The predicted molar refractivity (Wildman–Crippen MR) is 73.8 cm³/mol. The van der Waals surface area contributed by atoms with Gasteiger partial charge in [-0.25, -0.2) is 4.39 Å². The Kier molecular flexibility index (Phi) is 5.12. The van der Waals surface area contributed by atoms with Crippen molar-refractivity contribution < 1.29 is 18.7 Å². The maximum absolute atomic E-state index is 13.1. The summed E-state index contributed by atoms with van der Waals surface area (Å²) in [6, 6.07) is 13.4. The summed E-state index contributed by atoms with van der Waals surface area (Å²) in [5.41, 5.74) is 0.264. The van der Waals surface area contributed by atoms with Crippen molar-refractivity contribution in [3.63, 3.8) is 0 Å². The molecular formula is C16H15FO3. The van der Waals surface area contributed by atoms with Crippen LogP contribution in [0.25, 0.3) is 0 Å². The number of benzene rings is 2. The van der Waals surface area contributed by atoms with Crippen molar-refractivity contribution in [3.05, 3.63) is 59.9 Å². The second-order valence-electron chi connectivity index (χ2n) is 4.20. The number of ether oxygens (including phenoxy) is 2. The van der Waals surface area contributed by atoms with Crippen LogP contribution in [-0.4, -0.2) is 19.5 Å². The van der Waals surface area contributed by atoms with E-state index in [4.69, 9.17) is 9.47 Å². The van der Waals surface area contributed by atoms with E-state index in [1.54, 1.807) is 0 Å². The fraction of sp³-hybridized carbons (Fsp3) is 0.188. The van der Waals surface area contributed by atoms with Crippen molar-refractivity contribution in [2.24, 2.45) is 0 Å². The van der Waals surface area contributed by atoms with E-state index in [0.717, 1.165) is 5.75 Å². The molecule has 20 heavy (non-hydrogen) atoms. The molecule has 3 nitrogen and oxygen atoms in total. The standard InChI is InChI=1S/C16H15FO3/c17-14-9-13(12-18)10-16(11-14)20-8-4-7-19-15-5-2-1-3-6-15/h1-3,5-6,9-12H,4,7-8H2. The van der Waals surface area contributed by atoms with E-state index in [1.807, 2.05) is 30.3 Å². The average molecular weight is 274 g/mol. The largest absolute Gasteiger partial charge is 0.493 e. The Morgan fingerprint density at radius 3 is 2.35 bits per heavy atom. The van der Waals surface area contributed by atoms with Gasteiger partial charge in [0.25, 0.3) is 0 Å². The van der Waals surface area contributed by atoms with Crippen LogP contribution in [0.2, 0.25) is 0 Å². The summed E-state index contributed by atoms with van der Waals surface area (Å²) in [6.07, 6.45) is 1.26. The molecule has 0 saturated heterocycles. The van der Waals surface area contributed by atoms with Crippen LogP contribution in [0.15, 0.2) is 48.5 Å². The first-order valence-corrected chi connectivity index (χ1v) is 6.34. The van der Waals surface area contributed by atoms with Crippen molar-refractivity contribution in [1.82, 2.24) is 0 Å². The minimum absolute atomic E-state index is 0.264. The number of halogens is 1. The first kappa shape index (κ1) is 14.1. The summed E-state index contributed by atoms with van der Waals surface area (Å²) in [5, 5.41) is 0. The molecule has 0 N–H and O–H groups in total. The molecule has 2 aromatic carbocycles. The van der Waals surface area contributed by atoms with Crippen LogP contribution in [0.5, 0.6) is 11.5 Å². The zero-order valence-electron chi connectivity index (χ0n) is 10.9. The molecule has 0 aromatic heterocycles. The highest BCUT2D eigenvalue weighted by Gasteiger charge is 2.01. The lowest BCUT2D eigenvalue weighted by Gasteiger charge is -2.08. The summed E-state index contributed by atoms with van der Waals surface area (Å²) in [6.45, 7) is 0.911. The fourth-order valence-corrected chi connectivity index (χ4v) is 1.69. The van der Waals surface area contributed by atoms with E-state index in [2.05, 4.69) is 0 Å². The zero-order chi connectivity index (χ0) is 14.2. The molecule has 0 saturated carbocycles. The van der Waals surface area contributed by atoms with Crippen LogP contribution in [0.4, 0.5) is 4.39 Å². The molecule has 0 unspecified atom stereocenters. The summed E-state index contributed by atoms with van der Waals surface area (Å²) >= 11 is 0. The van der Waals surface area contributed by atoms with Gasteiger partial charge in [0.1, 0.15) is 23.6 Å². The zero-order valence-corrected chi connectivity index (χ0v) is 10.9. The fourth-order valence-electron chi connectivity index (χ4n) is 1.69. The van der Waals surface area contributed by atoms with Gasteiger partial charge in [-0.05, 0) is 24.3 Å². The minimum Gasteiger partial charge on any atom is -0.493 e. The van der Waals surface area contributed by atoms with Crippen LogP contribution in [0.3, 0.4) is 0 Å². The van der Waals surface area contributed by atoms with Gasteiger partial charge in [-0.3, -0.25) is 4.79 Å². The Morgan fingerprint density at radius 2 is 1.65 bits per heavy atom. The van der Waals surface area contributed by atoms with Crippen molar-refractivity contribution in [1.29, 1.82) is 0 Å². The Balaban J connectivity index is 1.73. The normalized spacial score (nSPS) is 10.1. The Hall–Kier alpha value is -2.36. The van der Waals surface area contributed by atoms with E-state index >= 15 is 0 Å². The summed E-state index contributed by atoms with van der Waals surface area (Å²) in [5.74, 6) is 0.679. The van der Waals surface area contributed by atoms with Crippen LogP contribution in [-0.2, 0) is 0 Å². The van der Waals surface area contributed by atoms with Crippen molar-refractivity contribution >= 4 is 6.29 Å². The molecule has 4 heteroatoms. The topological polar surface area (TPSA) is 35.5 Å². The number of para-hydroxylation sites is 1. The van der Waals surface area contributed by atoms with Crippen LogP contribution in [0, 0.1) is 5.82 Å². The molecule has 0 aliphatic rings. The monoisotopic (exact) mass is 274 g/mol. The SMILES string of the molecule is O=Cc1cc(F)cc(OCCCOc2ccccc2)c1. The molecule has 0 atom stereocenters. The number of aldehydes is 1. The number of carbonyl (C=O) groups is 1. The molecule has 0 fully saturated rings. The Bertz CT molecular complexity index is 555. The third-order valence-electron chi connectivity index (χ3n) is 2.60. The molecule has 104 valence electrons. The van der Waals surface area contributed by atoms with E-state index in [0.29, 0.717) is 31.7 Å². The van der Waals surface area contributed by atoms with Crippen molar-refractivity contribution in [2.75, 3.05) is 13.2 Å². The third-order valence-corrected chi connectivity index (χ3v) is 2.60.